The molecule has 0 amide bonds. The standard InChI is InChI=1S/C8H16N2O/c1-2-7-11-8(4-1)10-6-3-5-9-10/h8-9H,1-7H2. The Kier molecular flexibility index (Phi) is 2.41. The molecule has 0 aliphatic carbocycles. The first-order valence-corrected chi connectivity index (χ1v) is 4.58. The highest BCUT2D eigenvalue weighted by molar-refractivity contribution is 4.68. The SMILES string of the molecule is C1CCC(N2CCCN2)OC1. The van der Waals surface area contributed by atoms with Gasteiger partial charge < -0.3 is 4.74 Å². The molecule has 0 saturated carbocycles. The maximum absolute atomic E-state index is 5.63. The summed E-state index contributed by atoms with van der Waals surface area (Å²) in [6.07, 6.45) is 5.39. The fourth-order valence-corrected chi connectivity index (χ4v) is 1.77. The van der Waals surface area contributed by atoms with E-state index in [1.165, 1.54) is 25.7 Å². The first-order valence-electron chi connectivity index (χ1n) is 4.58. The predicted molar refractivity (Wildman–Crippen MR) is 42.9 cm³/mol. The fraction of sp³-hybridized carbons (Fsp3) is 1.00. The molecule has 2 fully saturated rings. The minimum Gasteiger partial charge on any atom is -0.362 e. The number of nitrogens with one attached hydrogen (secondary N) is 1. The van der Waals surface area contributed by atoms with Crippen LogP contribution in [-0.4, -0.2) is 30.9 Å². The summed E-state index contributed by atoms with van der Waals surface area (Å²) >= 11 is 0. The molecule has 64 valence electrons. The van der Waals surface area contributed by atoms with Crippen molar-refractivity contribution < 1.29 is 4.74 Å². The lowest BCUT2D eigenvalue weighted by atomic mass is 10.2. The summed E-state index contributed by atoms with van der Waals surface area (Å²) in [6.45, 7) is 3.23. The van der Waals surface area contributed by atoms with Crippen LogP contribution >= 0.6 is 0 Å². The maximum Gasteiger partial charge on any atom is 0.123 e. The van der Waals surface area contributed by atoms with Crippen molar-refractivity contribution in [2.75, 3.05) is 19.7 Å². The van der Waals surface area contributed by atoms with Gasteiger partial charge in [-0.05, 0) is 25.7 Å². The van der Waals surface area contributed by atoms with E-state index < -0.39 is 0 Å². The van der Waals surface area contributed by atoms with Crippen LogP contribution in [-0.2, 0) is 4.74 Å². The van der Waals surface area contributed by atoms with Gasteiger partial charge in [0.15, 0.2) is 0 Å². The van der Waals surface area contributed by atoms with Crippen molar-refractivity contribution in [3.05, 3.63) is 0 Å². The molecule has 1 N–H and O–H groups in total. The van der Waals surface area contributed by atoms with Crippen LogP contribution in [0.25, 0.3) is 0 Å². The molecule has 3 heteroatoms. The zero-order valence-electron chi connectivity index (χ0n) is 6.88. The second-order valence-corrected chi connectivity index (χ2v) is 3.28. The number of hydrazine groups is 1. The first kappa shape index (κ1) is 7.53. The van der Waals surface area contributed by atoms with Crippen LogP contribution < -0.4 is 5.43 Å². The first-order chi connectivity index (χ1) is 5.47. The molecule has 1 unspecified atom stereocenters. The van der Waals surface area contributed by atoms with Crippen molar-refractivity contribution in [3.8, 4) is 0 Å². The van der Waals surface area contributed by atoms with Crippen LogP contribution in [0.5, 0.6) is 0 Å². The lowest BCUT2D eigenvalue weighted by molar-refractivity contribution is -0.0950. The molecule has 2 aliphatic heterocycles. The number of hydrogen-bond acceptors (Lipinski definition) is 3. The maximum atomic E-state index is 5.63. The average molecular weight is 156 g/mol. The summed E-state index contributed by atoms with van der Waals surface area (Å²) in [5, 5.41) is 2.25. The second kappa shape index (κ2) is 3.52. The van der Waals surface area contributed by atoms with E-state index in [0.29, 0.717) is 6.23 Å². The van der Waals surface area contributed by atoms with E-state index in [4.69, 9.17) is 4.74 Å². The molecule has 1 atom stereocenters. The molecule has 2 aliphatic rings. The zero-order valence-corrected chi connectivity index (χ0v) is 6.88. The van der Waals surface area contributed by atoms with E-state index in [1.807, 2.05) is 0 Å². The third kappa shape index (κ3) is 1.72. The van der Waals surface area contributed by atoms with Gasteiger partial charge in [0, 0.05) is 19.7 Å². The van der Waals surface area contributed by atoms with Gasteiger partial charge in [0.1, 0.15) is 6.23 Å². The van der Waals surface area contributed by atoms with Gasteiger partial charge in [-0.15, -0.1) is 0 Å². The Morgan fingerprint density at radius 2 is 2.27 bits per heavy atom. The van der Waals surface area contributed by atoms with E-state index in [2.05, 4.69) is 10.4 Å². The summed E-state index contributed by atoms with van der Waals surface area (Å²) in [6, 6.07) is 0. The van der Waals surface area contributed by atoms with Gasteiger partial charge in [-0.25, -0.2) is 5.01 Å². The van der Waals surface area contributed by atoms with Crippen LogP contribution in [0, 0.1) is 0 Å². The molecule has 11 heavy (non-hydrogen) atoms. The highest BCUT2D eigenvalue weighted by Gasteiger charge is 2.23. The summed E-state index contributed by atoms with van der Waals surface area (Å²) in [5.41, 5.74) is 3.33. The predicted octanol–water partition coefficient (Wildman–Crippen LogP) is 0.723. The minimum absolute atomic E-state index is 0.367. The van der Waals surface area contributed by atoms with Crippen LogP contribution in [0.15, 0.2) is 0 Å². The summed E-state index contributed by atoms with van der Waals surface area (Å²) in [7, 11) is 0. The van der Waals surface area contributed by atoms with Crippen molar-refractivity contribution >= 4 is 0 Å². The molecule has 0 aromatic heterocycles. The number of nitrogens with zero attached hydrogens (tertiary/aromatic N) is 1. The quantitative estimate of drug-likeness (QED) is 0.605. The van der Waals surface area contributed by atoms with Gasteiger partial charge in [-0.3, -0.25) is 5.43 Å². The fourth-order valence-electron chi connectivity index (χ4n) is 1.77. The smallest absolute Gasteiger partial charge is 0.123 e. The van der Waals surface area contributed by atoms with Gasteiger partial charge in [0.25, 0.3) is 0 Å². The molecule has 3 nitrogen and oxygen atoms in total. The molecule has 2 saturated heterocycles. The third-order valence-electron chi connectivity index (χ3n) is 2.39. The van der Waals surface area contributed by atoms with E-state index in [-0.39, 0.29) is 0 Å². The minimum atomic E-state index is 0.367. The second-order valence-electron chi connectivity index (χ2n) is 3.28. The Balaban J connectivity index is 1.82. The molecule has 0 aromatic rings. The van der Waals surface area contributed by atoms with Crippen molar-refractivity contribution in [1.29, 1.82) is 0 Å². The van der Waals surface area contributed by atoms with Crippen molar-refractivity contribution in [3.63, 3.8) is 0 Å². The topological polar surface area (TPSA) is 24.5 Å². The normalized spacial score (nSPS) is 34.4. The molecule has 2 rings (SSSR count). The van der Waals surface area contributed by atoms with E-state index >= 15 is 0 Å². The third-order valence-corrected chi connectivity index (χ3v) is 2.39. The molecular weight excluding hydrogens is 140 g/mol. The molecule has 0 bridgehead atoms. The largest absolute Gasteiger partial charge is 0.362 e. The monoisotopic (exact) mass is 156 g/mol. The Bertz CT molecular complexity index is 117. The molecule has 0 aromatic carbocycles. The van der Waals surface area contributed by atoms with Crippen LogP contribution in [0.1, 0.15) is 25.7 Å². The van der Waals surface area contributed by atoms with E-state index in [0.717, 1.165) is 19.7 Å². The summed E-state index contributed by atoms with van der Waals surface area (Å²) < 4.78 is 5.63. The van der Waals surface area contributed by atoms with E-state index in [9.17, 15) is 0 Å². The van der Waals surface area contributed by atoms with Gasteiger partial charge in [0.2, 0.25) is 0 Å². The van der Waals surface area contributed by atoms with Crippen molar-refractivity contribution in [2.24, 2.45) is 0 Å². The van der Waals surface area contributed by atoms with Crippen molar-refractivity contribution in [1.82, 2.24) is 10.4 Å². The lowest BCUT2D eigenvalue weighted by Crippen LogP contribution is -2.43. The molecule has 0 radical (unpaired) electrons. The molecule has 2 heterocycles. The number of hydrogen-bond donors (Lipinski definition) is 1. The average Bonchev–Trinajstić information content (AvgIpc) is 2.58. The highest BCUT2D eigenvalue weighted by Crippen LogP contribution is 2.16. The highest BCUT2D eigenvalue weighted by atomic mass is 16.5. The van der Waals surface area contributed by atoms with Crippen LogP contribution in [0.4, 0.5) is 0 Å². The van der Waals surface area contributed by atoms with Crippen LogP contribution in [0.3, 0.4) is 0 Å². The number of ether oxygens (including phenoxy) is 1. The Hall–Kier alpha value is -0.120. The molecule has 0 spiro atoms. The van der Waals surface area contributed by atoms with Gasteiger partial charge in [-0.2, -0.15) is 0 Å². The van der Waals surface area contributed by atoms with Crippen molar-refractivity contribution in [2.45, 2.75) is 31.9 Å². The Morgan fingerprint density at radius 1 is 1.27 bits per heavy atom. The van der Waals surface area contributed by atoms with E-state index in [1.54, 1.807) is 0 Å². The number of rotatable bonds is 1. The summed E-state index contributed by atoms with van der Waals surface area (Å²) in [4.78, 5) is 0. The van der Waals surface area contributed by atoms with Gasteiger partial charge in [0.05, 0.1) is 0 Å². The zero-order chi connectivity index (χ0) is 7.52. The Morgan fingerprint density at radius 3 is 2.91 bits per heavy atom. The van der Waals surface area contributed by atoms with Gasteiger partial charge >= 0.3 is 0 Å². The summed E-state index contributed by atoms with van der Waals surface area (Å²) in [5.74, 6) is 0. The lowest BCUT2D eigenvalue weighted by Gasteiger charge is -2.30. The van der Waals surface area contributed by atoms with Crippen LogP contribution in [0.2, 0.25) is 0 Å². The Labute approximate surface area is 67.7 Å². The molecular formula is C8H16N2O. The van der Waals surface area contributed by atoms with Gasteiger partial charge in [-0.1, -0.05) is 0 Å².